The molecule has 0 aromatic heterocycles. The molecule has 1 nitrogen and oxygen atoms in total. The first-order valence-electron chi connectivity index (χ1n) is 4.23. The Morgan fingerprint density at radius 1 is 1.08 bits per heavy atom. The average molecular weight is 189 g/mol. The number of hydrogen-bond acceptors (Lipinski definition) is 2. The van der Waals surface area contributed by atoms with Gasteiger partial charge in [0, 0.05) is 10.6 Å². The van der Waals surface area contributed by atoms with Crippen molar-refractivity contribution in [2.45, 2.75) is 6.92 Å². The van der Waals surface area contributed by atoms with Crippen LogP contribution in [0.5, 0.6) is 0 Å². The Bertz CT molecular complexity index is 352. The monoisotopic (exact) mass is 189 g/mol. The van der Waals surface area contributed by atoms with Gasteiger partial charge in [-0.25, -0.2) is 0 Å². The van der Waals surface area contributed by atoms with Crippen LogP contribution in [0.1, 0.15) is 12.5 Å². The fourth-order valence-corrected chi connectivity index (χ4v) is 1.89. The molecule has 0 radical (unpaired) electrons. The van der Waals surface area contributed by atoms with E-state index in [1.165, 1.54) is 16.2 Å². The lowest BCUT2D eigenvalue weighted by molar-refractivity contribution is 1.20. The van der Waals surface area contributed by atoms with Crippen LogP contribution in [-0.2, 0) is 0 Å². The molecule has 0 spiro atoms. The molecule has 0 atom stereocenters. The first kappa shape index (κ1) is 8.45. The molecule has 1 aromatic rings. The van der Waals surface area contributed by atoms with Crippen LogP contribution < -0.4 is 4.72 Å². The van der Waals surface area contributed by atoms with Gasteiger partial charge in [0.05, 0.1) is 0 Å². The highest BCUT2D eigenvalue weighted by molar-refractivity contribution is 8.06. The van der Waals surface area contributed by atoms with E-state index in [-0.39, 0.29) is 0 Å². The normalized spacial score (nSPS) is 15.8. The molecule has 0 unspecified atom stereocenters. The van der Waals surface area contributed by atoms with Crippen molar-refractivity contribution in [2.75, 3.05) is 0 Å². The van der Waals surface area contributed by atoms with Crippen LogP contribution in [0.25, 0.3) is 4.91 Å². The van der Waals surface area contributed by atoms with Gasteiger partial charge in [-0.1, -0.05) is 30.3 Å². The molecule has 0 bridgehead atoms. The SMILES string of the molecule is CC1=CC=C(c2ccccc2)SN1. The molecule has 13 heavy (non-hydrogen) atoms. The Hall–Kier alpha value is -1.15. The first-order valence-corrected chi connectivity index (χ1v) is 5.05. The van der Waals surface area contributed by atoms with Crippen molar-refractivity contribution in [3.8, 4) is 0 Å². The topological polar surface area (TPSA) is 12.0 Å². The summed E-state index contributed by atoms with van der Waals surface area (Å²) in [4.78, 5) is 1.27. The van der Waals surface area contributed by atoms with Gasteiger partial charge in [0.15, 0.2) is 0 Å². The van der Waals surface area contributed by atoms with E-state index >= 15 is 0 Å². The minimum Gasteiger partial charge on any atom is -0.330 e. The largest absolute Gasteiger partial charge is 0.330 e. The Morgan fingerprint density at radius 2 is 1.85 bits per heavy atom. The standard InChI is InChI=1S/C11H11NS/c1-9-7-8-11(13-12-9)10-5-3-2-4-6-10/h2-8,12H,1H3. The van der Waals surface area contributed by atoms with Gasteiger partial charge in [-0.05, 0) is 36.6 Å². The van der Waals surface area contributed by atoms with Crippen molar-refractivity contribution in [3.63, 3.8) is 0 Å². The van der Waals surface area contributed by atoms with E-state index in [0.717, 1.165) is 0 Å². The first-order chi connectivity index (χ1) is 6.36. The summed E-state index contributed by atoms with van der Waals surface area (Å²) < 4.78 is 3.24. The van der Waals surface area contributed by atoms with Crippen LogP contribution in [0.3, 0.4) is 0 Å². The minimum absolute atomic E-state index is 1.20. The zero-order valence-electron chi connectivity index (χ0n) is 7.45. The van der Waals surface area contributed by atoms with Crippen LogP contribution in [0.4, 0.5) is 0 Å². The van der Waals surface area contributed by atoms with Crippen LogP contribution in [0.15, 0.2) is 48.2 Å². The van der Waals surface area contributed by atoms with Gasteiger partial charge < -0.3 is 4.72 Å². The molecule has 1 heterocycles. The Morgan fingerprint density at radius 3 is 2.46 bits per heavy atom. The zero-order valence-corrected chi connectivity index (χ0v) is 8.27. The van der Waals surface area contributed by atoms with Crippen molar-refractivity contribution in [2.24, 2.45) is 0 Å². The molecule has 0 amide bonds. The molecule has 0 saturated carbocycles. The van der Waals surface area contributed by atoms with Crippen LogP contribution in [0.2, 0.25) is 0 Å². The van der Waals surface area contributed by atoms with Crippen LogP contribution in [-0.4, -0.2) is 0 Å². The maximum Gasteiger partial charge on any atom is 0.0357 e. The summed E-state index contributed by atoms with van der Waals surface area (Å²) in [7, 11) is 0. The van der Waals surface area contributed by atoms with Crippen molar-refractivity contribution >= 4 is 16.9 Å². The van der Waals surface area contributed by atoms with Crippen molar-refractivity contribution < 1.29 is 0 Å². The van der Waals surface area contributed by atoms with Crippen molar-refractivity contribution in [1.29, 1.82) is 0 Å². The van der Waals surface area contributed by atoms with E-state index in [1.54, 1.807) is 11.9 Å². The van der Waals surface area contributed by atoms with E-state index in [9.17, 15) is 0 Å². The highest BCUT2D eigenvalue weighted by Crippen LogP contribution is 2.28. The average Bonchev–Trinajstić information content (AvgIpc) is 2.20. The minimum atomic E-state index is 1.20. The fraction of sp³-hybridized carbons (Fsp3) is 0.0909. The van der Waals surface area contributed by atoms with Crippen molar-refractivity contribution in [1.82, 2.24) is 4.72 Å². The van der Waals surface area contributed by atoms with Crippen LogP contribution in [0, 0.1) is 0 Å². The number of hydrogen-bond donors (Lipinski definition) is 1. The van der Waals surface area contributed by atoms with Gasteiger partial charge in [-0.3, -0.25) is 0 Å². The van der Waals surface area contributed by atoms with Gasteiger partial charge >= 0.3 is 0 Å². The Balaban J connectivity index is 2.29. The molecule has 1 aromatic carbocycles. The summed E-state index contributed by atoms with van der Waals surface area (Å²) in [6.07, 6.45) is 4.24. The molecular weight excluding hydrogens is 178 g/mol. The summed E-state index contributed by atoms with van der Waals surface area (Å²) in [5.41, 5.74) is 2.47. The van der Waals surface area contributed by atoms with Gasteiger partial charge in [-0.2, -0.15) is 0 Å². The molecule has 66 valence electrons. The summed E-state index contributed by atoms with van der Waals surface area (Å²) in [5, 5.41) is 0. The van der Waals surface area contributed by atoms with Gasteiger partial charge in [0.1, 0.15) is 0 Å². The van der Waals surface area contributed by atoms with E-state index in [2.05, 4.69) is 48.1 Å². The highest BCUT2D eigenvalue weighted by Gasteiger charge is 2.04. The molecule has 2 rings (SSSR count). The number of allylic oxidation sites excluding steroid dienone is 3. The number of rotatable bonds is 1. The molecule has 1 N–H and O–H groups in total. The smallest absolute Gasteiger partial charge is 0.0357 e. The highest BCUT2D eigenvalue weighted by atomic mass is 32.2. The number of nitrogens with one attached hydrogen (secondary N) is 1. The summed E-state index contributed by atoms with van der Waals surface area (Å²) >= 11 is 1.67. The number of benzene rings is 1. The fourth-order valence-electron chi connectivity index (χ4n) is 1.16. The molecule has 1 aliphatic heterocycles. The molecule has 1 aliphatic rings. The lowest BCUT2D eigenvalue weighted by Gasteiger charge is -2.13. The van der Waals surface area contributed by atoms with Crippen LogP contribution >= 0.6 is 11.9 Å². The lowest BCUT2D eigenvalue weighted by atomic mass is 10.2. The molecule has 0 saturated heterocycles. The van der Waals surface area contributed by atoms with E-state index in [1.807, 2.05) is 6.07 Å². The third kappa shape index (κ3) is 1.95. The molecule has 0 aliphatic carbocycles. The second-order valence-corrected chi connectivity index (χ2v) is 3.80. The van der Waals surface area contributed by atoms with Gasteiger partial charge in [-0.15, -0.1) is 0 Å². The lowest BCUT2D eigenvalue weighted by Crippen LogP contribution is -2.02. The summed E-state index contributed by atoms with van der Waals surface area (Å²) in [5.74, 6) is 0. The van der Waals surface area contributed by atoms with E-state index in [0.29, 0.717) is 0 Å². The quantitative estimate of drug-likeness (QED) is 0.681. The second kappa shape index (κ2) is 3.71. The maximum absolute atomic E-state index is 3.24. The molecular formula is C11H11NS. The predicted molar refractivity (Wildman–Crippen MR) is 58.9 cm³/mol. The predicted octanol–water partition coefficient (Wildman–Crippen LogP) is 3.18. The Kier molecular flexibility index (Phi) is 2.41. The molecule has 0 fully saturated rings. The summed E-state index contributed by atoms with van der Waals surface area (Å²) in [6.45, 7) is 2.06. The van der Waals surface area contributed by atoms with Gasteiger partial charge in [0.25, 0.3) is 0 Å². The van der Waals surface area contributed by atoms with E-state index in [4.69, 9.17) is 0 Å². The van der Waals surface area contributed by atoms with Crippen molar-refractivity contribution in [3.05, 3.63) is 53.7 Å². The van der Waals surface area contributed by atoms with Gasteiger partial charge in [0.2, 0.25) is 0 Å². The zero-order chi connectivity index (χ0) is 9.10. The summed E-state index contributed by atoms with van der Waals surface area (Å²) in [6, 6.07) is 10.4. The maximum atomic E-state index is 3.24. The molecule has 2 heteroatoms. The third-order valence-corrected chi connectivity index (χ3v) is 2.88. The second-order valence-electron chi connectivity index (χ2n) is 2.95. The Labute approximate surface area is 82.7 Å². The van der Waals surface area contributed by atoms with E-state index < -0.39 is 0 Å². The third-order valence-electron chi connectivity index (χ3n) is 1.86.